The van der Waals surface area contributed by atoms with E-state index in [2.05, 4.69) is 50.3 Å². The number of hydrogen-bond donors (Lipinski definition) is 0. The van der Waals surface area contributed by atoms with Crippen LogP contribution in [0.1, 0.15) is 27.7 Å². The Kier molecular flexibility index (Phi) is 5.53. The molecule has 56 valence electrons. The van der Waals surface area contributed by atoms with Gasteiger partial charge in [-0.1, -0.05) is 0 Å². The fourth-order valence-corrected chi connectivity index (χ4v) is 1.37. The van der Waals surface area contributed by atoms with E-state index in [1.54, 1.807) is 0 Å². The second-order valence-corrected chi connectivity index (χ2v) is 3.43. The monoisotopic (exact) mass is 135 g/mol. The van der Waals surface area contributed by atoms with Crippen LogP contribution in [0.25, 0.3) is 0 Å². The van der Waals surface area contributed by atoms with Crippen LogP contribution in [0.5, 0.6) is 0 Å². The molecule has 0 saturated carbocycles. The van der Waals surface area contributed by atoms with Crippen LogP contribution in [-0.4, -0.2) is 41.2 Å². The zero-order chi connectivity index (χ0) is 8.15. The van der Waals surface area contributed by atoms with Crippen molar-refractivity contribution < 1.29 is 0 Å². The van der Waals surface area contributed by atoms with Crippen molar-refractivity contribution in [1.29, 1.82) is 0 Å². The molecule has 0 aliphatic heterocycles. The fraction of sp³-hybridized carbons (Fsp3) is 1.00. The molecule has 0 rings (SSSR count). The van der Waals surface area contributed by atoms with Crippen molar-refractivity contribution in [2.24, 2.45) is 0 Å². The van der Waals surface area contributed by atoms with E-state index in [-0.39, 0.29) is 0 Å². The van der Waals surface area contributed by atoms with Crippen molar-refractivity contribution >= 4 is 17.7 Å². The summed E-state index contributed by atoms with van der Waals surface area (Å²) in [7, 11) is 0. The second kappa shape index (κ2) is 5.24. The molecule has 0 bridgehead atoms. The van der Waals surface area contributed by atoms with Gasteiger partial charge in [0.1, 0.15) is 0 Å². The van der Waals surface area contributed by atoms with E-state index in [1.807, 2.05) is 0 Å². The minimum absolute atomic E-state index is 0.694. The third-order valence-electron chi connectivity index (χ3n) is 1.81. The molecule has 0 atom stereocenters. The van der Waals surface area contributed by atoms with Gasteiger partial charge in [0.05, 0.1) is 0 Å². The molecule has 0 amide bonds. The third kappa shape index (κ3) is 3.66. The van der Waals surface area contributed by atoms with E-state index < -0.39 is 0 Å². The van der Waals surface area contributed by atoms with Gasteiger partial charge in [0.15, 0.2) is 0 Å². The van der Waals surface area contributed by atoms with Gasteiger partial charge < -0.3 is 0 Å². The van der Waals surface area contributed by atoms with Gasteiger partial charge in [0.2, 0.25) is 0 Å². The van der Waals surface area contributed by atoms with Crippen molar-refractivity contribution in [2.45, 2.75) is 44.9 Å². The SMILES string of the molecule is [Li][CH2]CN(C(C)C)C(C)C. The molecular formula is C8H18LiN. The molecule has 0 aromatic rings. The summed E-state index contributed by atoms with van der Waals surface area (Å²) in [5, 5.41) is 1.26. The Labute approximate surface area is 74.4 Å². The molecule has 0 radical (unpaired) electrons. The summed E-state index contributed by atoms with van der Waals surface area (Å²) in [5.74, 6) is 0. The van der Waals surface area contributed by atoms with E-state index in [4.69, 9.17) is 0 Å². The molecule has 1 nitrogen and oxygen atoms in total. The van der Waals surface area contributed by atoms with Crippen molar-refractivity contribution in [1.82, 2.24) is 4.90 Å². The van der Waals surface area contributed by atoms with Gasteiger partial charge >= 0.3 is 74.0 Å². The van der Waals surface area contributed by atoms with Crippen LogP contribution in [0.4, 0.5) is 0 Å². The van der Waals surface area contributed by atoms with Gasteiger partial charge in [-0.05, 0) is 0 Å². The van der Waals surface area contributed by atoms with E-state index in [1.165, 1.54) is 11.6 Å². The minimum atomic E-state index is 0.694. The molecule has 0 spiro atoms. The quantitative estimate of drug-likeness (QED) is 0.530. The van der Waals surface area contributed by atoms with E-state index in [9.17, 15) is 0 Å². The first kappa shape index (κ1) is 10.6. The second-order valence-electron chi connectivity index (χ2n) is 3.43. The first-order valence-corrected chi connectivity index (χ1v) is 4.35. The standard InChI is InChI=1S/C8H18N.Li/c1-6-9(7(2)3)8(4)5;/h7-8H,1,6H2,2-5H3;. The van der Waals surface area contributed by atoms with Crippen LogP contribution in [-0.2, 0) is 0 Å². The Morgan fingerprint density at radius 3 is 1.60 bits per heavy atom. The average molecular weight is 135 g/mol. The molecule has 0 aromatic carbocycles. The molecular weight excluding hydrogens is 117 g/mol. The summed E-state index contributed by atoms with van der Waals surface area (Å²) >= 11 is 2.23. The Balaban J connectivity index is 3.73. The van der Waals surface area contributed by atoms with Gasteiger partial charge in [-0.25, -0.2) is 0 Å². The number of nitrogens with zero attached hydrogens (tertiary/aromatic N) is 1. The van der Waals surface area contributed by atoms with Gasteiger partial charge in [-0.3, -0.25) is 0 Å². The van der Waals surface area contributed by atoms with Gasteiger partial charge in [-0.2, -0.15) is 0 Å². The van der Waals surface area contributed by atoms with E-state index in [0.717, 1.165) is 0 Å². The summed E-state index contributed by atoms with van der Waals surface area (Å²) in [5.41, 5.74) is 0. The maximum atomic E-state index is 2.51. The zero-order valence-electron chi connectivity index (χ0n) is 8.02. The zero-order valence-corrected chi connectivity index (χ0v) is 8.02. The topological polar surface area (TPSA) is 3.24 Å². The van der Waals surface area contributed by atoms with Crippen LogP contribution < -0.4 is 0 Å². The first-order valence-electron chi connectivity index (χ1n) is 4.35. The van der Waals surface area contributed by atoms with Crippen LogP contribution in [0.15, 0.2) is 0 Å². The maximum absolute atomic E-state index is 2.51. The predicted molar refractivity (Wildman–Crippen MR) is 47.5 cm³/mol. The molecule has 0 N–H and O–H groups in total. The van der Waals surface area contributed by atoms with Crippen LogP contribution in [0.3, 0.4) is 0 Å². The molecule has 0 fully saturated rings. The molecule has 0 aliphatic rings. The van der Waals surface area contributed by atoms with Crippen molar-refractivity contribution in [3.05, 3.63) is 0 Å². The normalized spacial score (nSPS) is 12.1. The molecule has 0 aliphatic carbocycles. The van der Waals surface area contributed by atoms with Crippen molar-refractivity contribution in [2.75, 3.05) is 6.54 Å². The Morgan fingerprint density at radius 1 is 1.10 bits per heavy atom. The summed E-state index contributed by atoms with van der Waals surface area (Å²) in [6.45, 7) is 10.3. The van der Waals surface area contributed by atoms with Crippen molar-refractivity contribution in [3.63, 3.8) is 0 Å². The summed E-state index contributed by atoms with van der Waals surface area (Å²) in [4.78, 5) is 2.51. The Hall–Kier alpha value is 0.557. The Bertz CT molecular complexity index is 73.3. The summed E-state index contributed by atoms with van der Waals surface area (Å²) in [6.07, 6.45) is 0. The van der Waals surface area contributed by atoms with Crippen LogP contribution in [0, 0.1) is 0 Å². The molecule has 0 saturated heterocycles. The summed E-state index contributed by atoms with van der Waals surface area (Å²) in [6, 6.07) is 1.39. The third-order valence-corrected chi connectivity index (χ3v) is 1.81. The van der Waals surface area contributed by atoms with Crippen LogP contribution in [0.2, 0.25) is 5.09 Å². The van der Waals surface area contributed by atoms with Crippen LogP contribution >= 0.6 is 0 Å². The molecule has 10 heavy (non-hydrogen) atoms. The Morgan fingerprint density at radius 2 is 1.50 bits per heavy atom. The molecule has 0 aromatic heterocycles. The fourth-order valence-electron chi connectivity index (χ4n) is 1.37. The summed E-state index contributed by atoms with van der Waals surface area (Å²) < 4.78 is 0. The van der Waals surface area contributed by atoms with Crippen molar-refractivity contribution in [3.8, 4) is 0 Å². The predicted octanol–water partition coefficient (Wildman–Crippen LogP) is 1.69. The van der Waals surface area contributed by atoms with E-state index in [0.29, 0.717) is 12.1 Å². The number of rotatable bonds is 4. The first-order chi connectivity index (χ1) is 4.59. The molecule has 0 unspecified atom stereocenters. The van der Waals surface area contributed by atoms with Gasteiger partial charge in [0.25, 0.3) is 0 Å². The molecule has 0 heterocycles. The number of hydrogen-bond acceptors (Lipinski definition) is 1. The average Bonchev–Trinajstić information content (AvgIpc) is 1.81. The van der Waals surface area contributed by atoms with Gasteiger partial charge in [-0.15, -0.1) is 0 Å². The van der Waals surface area contributed by atoms with Gasteiger partial charge in [0, 0.05) is 0 Å². The van der Waals surface area contributed by atoms with E-state index >= 15 is 0 Å². The molecule has 2 heteroatoms.